The number of hydrogen-bond acceptors (Lipinski definition) is 2. The molecule has 0 aliphatic heterocycles. The molecule has 0 unspecified atom stereocenters. The van der Waals surface area contributed by atoms with Crippen LogP contribution in [0.2, 0.25) is 0 Å². The predicted octanol–water partition coefficient (Wildman–Crippen LogP) is 4.74. The predicted molar refractivity (Wildman–Crippen MR) is 76.1 cm³/mol. The maximum absolute atomic E-state index is 2.61. The van der Waals surface area contributed by atoms with E-state index >= 15 is 0 Å². The van der Waals surface area contributed by atoms with E-state index in [2.05, 4.69) is 55.4 Å². The lowest BCUT2D eigenvalue weighted by molar-refractivity contribution is 0.211. The van der Waals surface area contributed by atoms with Crippen LogP contribution in [0, 0.1) is 0 Å². The van der Waals surface area contributed by atoms with Crippen LogP contribution in [0.25, 0.3) is 0 Å². The summed E-state index contributed by atoms with van der Waals surface area (Å²) in [6, 6.07) is 11.5. The highest BCUT2D eigenvalue weighted by Crippen LogP contribution is 2.37. The van der Waals surface area contributed by atoms with Gasteiger partial charge in [-0.25, -0.2) is 4.31 Å². The zero-order chi connectivity index (χ0) is 12.3. The van der Waals surface area contributed by atoms with Gasteiger partial charge in [-0.15, -0.1) is 0 Å². The van der Waals surface area contributed by atoms with E-state index in [0.29, 0.717) is 0 Å². The smallest absolute Gasteiger partial charge is 0.0235 e. The minimum atomic E-state index is 0.232. The van der Waals surface area contributed by atoms with Crippen LogP contribution in [0.3, 0.4) is 0 Å². The van der Waals surface area contributed by atoms with Crippen molar-refractivity contribution in [1.82, 2.24) is 4.31 Å². The van der Waals surface area contributed by atoms with Crippen molar-refractivity contribution in [3.63, 3.8) is 0 Å². The molecule has 0 aromatic heterocycles. The molecule has 94 valence electrons. The second-order valence-electron chi connectivity index (χ2n) is 5.84. The summed E-state index contributed by atoms with van der Waals surface area (Å²) in [4.78, 5) is 1.36. The van der Waals surface area contributed by atoms with Gasteiger partial charge in [0, 0.05) is 16.5 Å². The monoisotopic (exact) mass is 249 g/mol. The van der Waals surface area contributed by atoms with Crippen LogP contribution in [-0.2, 0) is 0 Å². The number of nitrogens with zero attached hydrogens (tertiary/aromatic N) is 1. The Bertz CT molecular complexity index is 336. The lowest BCUT2D eigenvalue weighted by Crippen LogP contribution is -2.42. The fraction of sp³-hybridized carbons (Fsp3) is 0.600. The van der Waals surface area contributed by atoms with E-state index in [1.807, 2.05) is 11.9 Å². The molecule has 1 aliphatic rings. The highest BCUT2D eigenvalue weighted by molar-refractivity contribution is 7.97. The zero-order valence-electron chi connectivity index (χ0n) is 11.1. The van der Waals surface area contributed by atoms with Crippen molar-refractivity contribution in [2.45, 2.75) is 62.9 Å². The molecule has 0 heterocycles. The summed E-state index contributed by atoms with van der Waals surface area (Å²) in [6.07, 6.45) is 5.51. The van der Waals surface area contributed by atoms with Crippen LogP contribution in [0.15, 0.2) is 35.2 Å². The van der Waals surface area contributed by atoms with Crippen molar-refractivity contribution in [1.29, 1.82) is 0 Å². The highest BCUT2D eigenvalue weighted by atomic mass is 32.2. The van der Waals surface area contributed by atoms with E-state index in [1.165, 1.54) is 30.6 Å². The van der Waals surface area contributed by atoms with Crippen molar-refractivity contribution in [2.75, 3.05) is 0 Å². The minimum Gasteiger partial charge on any atom is -0.238 e. The molecule has 2 heteroatoms. The van der Waals surface area contributed by atoms with Crippen molar-refractivity contribution in [2.24, 2.45) is 0 Å². The third-order valence-corrected chi connectivity index (χ3v) is 4.79. The molecule has 2 rings (SSSR count). The van der Waals surface area contributed by atoms with Crippen LogP contribution in [0.1, 0.15) is 46.5 Å². The number of hydrogen-bond donors (Lipinski definition) is 0. The van der Waals surface area contributed by atoms with Crippen molar-refractivity contribution < 1.29 is 0 Å². The fourth-order valence-corrected chi connectivity index (χ4v) is 3.63. The number of rotatable bonds is 3. The molecule has 17 heavy (non-hydrogen) atoms. The van der Waals surface area contributed by atoms with Gasteiger partial charge in [-0.2, -0.15) is 0 Å². The fourth-order valence-electron chi connectivity index (χ4n) is 2.49. The first-order valence-corrected chi connectivity index (χ1v) is 7.37. The lowest BCUT2D eigenvalue weighted by atomic mass is 10.1. The molecule has 0 bridgehead atoms. The summed E-state index contributed by atoms with van der Waals surface area (Å²) < 4.78 is 2.61. The van der Waals surface area contributed by atoms with Gasteiger partial charge in [-0.1, -0.05) is 31.0 Å². The Morgan fingerprint density at radius 3 is 2.18 bits per heavy atom. The van der Waals surface area contributed by atoms with Gasteiger partial charge in [0.05, 0.1) is 0 Å². The normalized spacial score (nSPS) is 17.9. The first-order chi connectivity index (χ1) is 8.07. The van der Waals surface area contributed by atoms with Gasteiger partial charge >= 0.3 is 0 Å². The van der Waals surface area contributed by atoms with Crippen LogP contribution < -0.4 is 0 Å². The molecule has 0 spiro atoms. The average molecular weight is 249 g/mol. The van der Waals surface area contributed by atoms with Gasteiger partial charge in [0.15, 0.2) is 0 Å². The molecule has 1 nitrogen and oxygen atoms in total. The summed E-state index contributed by atoms with van der Waals surface area (Å²) in [5.74, 6) is 0. The standard InChI is InChI=1S/C15H23NS/c1-15(2,3)16(13-9-7-8-10-13)17-14-11-5-4-6-12-14/h4-6,11-13H,7-10H2,1-3H3. The van der Waals surface area contributed by atoms with Crippen molar-refractivity contribution >= 4 is 11.9 Å². The largest absolute Gasteiger partial charge is 0.238 e. The summed E-state index contributed by atoms with van der Waals surface area (Å²) in [7, 11) is 0. The molecule has 1 aromatic rings. The Morgan fingerprint density at radius 1 is 1.06 bits per heavy atom. The van der Waals surface area contributed by atoms with Crippen molar-refractivity contribution in [3.05, 3.63) is 30.3 Å². The Kier molecular flexibility index (Phi) is 4.16. The zero-order valence-corrected chi connectivity index (χ0v) is 12.0. The van der Waals surface area contributed by atoms with Crippen LogP contribution in [0.5, 0.6) is 0 Å². The van der Waals surface area contributed by atoms with E-state index in [4.69, 9.17) is 0 Å². The Balaban J connectivity index is 2.11. The lowest BCUT2D eigenvalue weighted by Gasteiger charge is -2.39. The van der Waals surface area contributed by atoms with Gasteiger partial charge < -0.3 is 0 Å². The van der Waals surface area contributed by atoms with E-state index in [9.17, 15) is 0 Å². The minimum absolute atomic E-state index is 0.232. The van der Waals surface area contributed by atoms with Crippen molar-refractivity contribution in [3.8, 4) is 0 Å². The maximum Gasteiger partial charge on any atom is 0.0235 e. The molecular formula is C15H23NS. The average Bonchev–Trinajstić information content (AvgIpc) is 2.79. The molecule has 1 saturated carbocycles. The van der Waals surface area contributed by atoms with Gasteiger partial charge in [0.2, 0.25) is 0 Å². The third-order valence-electron chi connectivity index (χ3n) is 3.26. The van der Waals surface area contributed by atoms with Gasteiger partial charge in [0.1, 0.15) is 0 Å². The Labute approximate surface area is 110 Å². The topological polar surface area (TPSA) is 3.24 Å². The number of benzene rings is 1. The van der Waals surface area contributed by atoms with E-state index in [1.54, 1.807) is 0 Å². The van der Waals surface area contributed by atoms with Crippen LogP contribution in [-0.4, -0.2) is 15.9 Å². The Hall–Kier alpha value is -0.470. The quantitative estimate of drug-likeness (QED) is 0.712. The summed E-state index contributed by atoms with van der Waals surface area (Å²) in [6.45, 7) is 6.96. The molecule has 1 aromatic carbocycles. The van der Waals surface area contributed by atoms with Gasteiger partial charge in [-0.3, -0.25) is 0 Å². The first kappa shape index (κ1) is 13.0. The van der Waals surface area contributed by atoms with Gasteiger partial charge in [-0.05, 0) is 57.7 Å². The van der Waals surface area contributed by atoms with E-state index in [-0.39, 0.29) is 5.54 Å². The summed E-state index contributed by atoms with van der Waals surface area (Å²) in [5.41, 5.74) is 0.232. The Morgan fingerprint density at radius 2 is 1.65 bits per heavy atom. The first-order valence-electron chi connectivity index (χ1n) is 6.60. The molecular weight excluding hydrogens is 226 g/mol. The second kappa shape index (κ2) is 5.45. The third kappa shape index (κ3) is 3.49. The van der Waals surface area contributed by atoms with Crippen LogP contribution >= 0.6 is 11.9 Å². The molecule has 1 fully saturated rings. The van der Waals surface area contributed by atoms with Gasteiger partial charge in [0.25, 0.3) is 0 Å². The SMILES string of the molecule is CC(C)(C)N(Sc1ccccc1)C1CCCC1. The molecule has 1 aliphatic carbocycles. The summed E-state index contributed by atoms with van der Waals surface area (Å²) >= 11 is 1.93. The molecule has 0 radical (unpaired) electrons. The second-order valence-corrected chi connectivity index (χ2v) is 6.89. The summed E-state index contributed by atoms with van der Waals surface area (Å²) in [5, 5.41) is 0. The molecule has 0 amide bonds. The maximum atomic E-state index is 2.61. The molecule has 0 saturated heterocycles. The van der Waals surface area contributed by atoms with E-state index < -0.39 is 0 Å². The van der Waals surface area contributed by atoms with Crippen LogP contribution in [0.4, 0.5) is 0 Å². The highest BCUT2D eigenvalue weighted by Gasteiger charge is 2.31. The van der Waals surface area contributed by atoms with E-state index in [0.717, 1.165) is 6.04 Å². The molecule has 0 atom stereocenters. The molecule has 0 N–H and O–H groups in total.